The molecule has 0 aliphatic carbocycles. The SMILES string of the molecule is CCCCCCCCCCCCCCCCSSCCOP(=O)(O)COC(CO)COc1cc(N)nc(N)n1. The van der Waals surface area contributed by atoms with E-state index in [9.17, 15) is 14.6 Å². The average Bonchev–Trinajstić information content (AvgIpc) is 2.89. The highest BCUT2D eigenvalue weighted by Crippen LogP contribution is 2.42. The minimum absolute atomic E-state index is 0.0460. The first-order valence-electron chi connectivity index (χ1n) is 14.3. The van der Waals surface area contributed by atoms with Crippen molar-refractivity contribution in [1.29, 1.82) is 0 Å². The fourth-order valence-corrected chi connectivity index (χ4v) is 6.74. The van der Waals surface area contributed by atoms with Gasteiger partial charge in [0.15, 0.2) is 0 Å². The molecule has 1 rings (SSSR count). The summed E-state index contributed by atoms with van der Waals surface area (Å²) in [6.45, 7) is 1.88. The number of ether oxygens (including phenoxy) is 2. The van der Waals surface area contributed by atoms with Crippen molar-refractivity contribution in [2.75, 3.05) is 49.1 Å². The van der Waals surface area contributed by atoms with Crippen LogP contribution in [-0.4, -0.2) is 63.7 Å². The van der Waals surface area contributed by atoms with Crippen LogP contribution in [0.15, 0.2) is 6.07 Å². The Labute approximate surface area is 243 Å². The first-order chi connectivity index (χ1) is 18.9. The van der Waals surface area contributed by atoms with E-state index in [2.05, 4.69) is 16.9 Å². The smallest absolute Gasteiger partial charge is 0.353 e. The van der Waals surface area contributed by atoms with E-state index < -0.39 is 26.7 Å². The van der Waals surface area contributed by atoms with E-state index in [1.165, 1.54) is 96.0 Å². The van der Waals surface area contributed by atoms with Gasteiger partial charge in [-0.25, -0.2) is 0 Å². The zero-order chi connectivity index (χ0) is 28.6. The van der Waals surface area contributed by atoms with Gasteiger partial charge in [-0.1, -0.05) is 112 Å². The van der Waals surface area contributed by atoms with Gasteiger partial charge in [-0.05, 0) is 6.42 Å². The standard InChI is InChI=1S/C26H51N4O6PS2/c1-2-3-4-5-6-7-8-9-10-11-12-13-14-15-17-38-39-18-16-36-37(32,33)22-35-23(20-31)21-34-25-19-24(27)29-26(28)30-25/h19,23,31H,2-18,20-22H2,1H3,(H,32,33)(H4,27,28,29,30). The van der Waals surface area contributed by atoms with Gasteiger partial charge in [0.1, 0.15) is 24.9 Å². The molecule has 13 heteroatoms. The second-order valence-corrected chi connectivity index (χ2v) is 14.1. The lowest BCUT2D eigenvalue weighted by atomic mass is 10.0. The third-order valence-electron chi connectivity index (χ3n) is 5.96. The first kappa shape index (κ1) is 36.3. The molecule has 6 N–H and O–H groups in total. The lowest BCUT2D eigenvalue weighted by Crippen LogP contribution is -2.26. The van der Waals surface area contributed by atoms with Crippen LogP contribution in [0.3, 0.4) is 0 Å². The molecule has 2 atom stereocenters. The molecule has 39 heavy (non-hydrogen) atoms. The van der Waals surface area contributed by atoms with Gasteiger partial charge < -0.3 is 35.5 Å². The Morgan fingerprint density at radius 1 is 0.897 bits per heavy atom. The van der Waals surface area contributed by atoms with Crippen molar-refractivity contribution < 1.29 is 28.6 Å². The van der Waals surface area contributed by atoms with Crippen molar-refractivity contribution in [3.05, 3.63) is 6.07 Å². The molecule has 0 saturated carbocycles. The van der Waals surface area contributed by atoms with E-state index in [4.69, 9.17) is 25.5 Å². The van der Waals surface area contributed by atoms with Crippen molar-refractivity contribution in [3.8, 4) is 5.88 Å². The van der Waals surface area contributed by atoms with Crippen LogP contribution in [0.2, 0.25) is 0 Å². The molecule has 0 saturated heterocycles. The molecule has 1 heterocycles. The van der Waals surface area contributed by atoms with Gasteiger partial charge in [0.25, 0.3) is 0 Å². The van der Waals surface area contributed by atoms with Gasteiger partial charge in [-0.15, -0.1) is 0 Å². The highest BCUT2D eigenvalue weighted by atomic mass is 33.1. The average molecular weight is 611 g/mol. The third-order valence-corrected chi connectivity index (χ3v) is 9.47. The minimum Gasteiger partial charge on any atom is -0.475 e. The fourth-order valence-electron chi connectivity index (χ4n) is 3.79. The molecule has 10 nitrogen and oxygen atoms in total. The number of nitrogen functional groups attached to an aromatic ring is 2. The second kappa shape index (κ2) is 23.9. The van der Waals surface area contributed by atoms with Crippen molar-refractivity contribution >= 4 is 40.9 Å². The number of aliphatic hydroxyl groups is 1. The molecule has 228 valence electrons. The molecular formula is C26H51N4O6PS2. The molecule has 1 aromatic heterocycles. The molecule has 0 aromatic carbocycles. The summed E-state index contributed by atoms with van der Waals surface area (Å²) in [7, 11) is -0.525. The summed E-state index contributed by atoms with van der Waals surface area (Å²) in [5.41, 5.74) is 11.1. The Kier molecular flexibility index (Phi) is 22.2. The van der Waals surface area contributed by atoms with Crippen molar-refractivity contribution in [2.45, 2.75) is 103 Å². The summed E-state index contributed by atoms with van der Waals surface area (Å²) in [4.78, 5) is 17.6. The molecular weight excluding hydrogens is 559 g/mol. The molecule has 0 aliphatic rings. The fraction of sp³-hybridized carbons (Fsp3) is 0.846. The Morgan fingerprint density at radius 2 is 1.46 bits per heavy atom. The lowest BCUT2D eigenvalue weighted by molar-refractivity contribution is -0.000872. The number of aromatic nitrogens is 2. The van der Waals surface area contributed by atoms with E-state index in [0.29, 0.717) is 5.75 Å². The maximum Gasteiger partial charge on any atom is 0.353 e. The largest absolute Gasteiger partial charge is 0.475 e. The summed E-state index contributed by atoms with van der Waals surface area (Å²) in [5.74, 6) is 1.90. The number of hydrogen-bond donors (Lipinski definition) is 4. The Morgan fingerprint density at radius 3 is 2.03 bits per heavy atom. The Hall–Kier alpha value is -0.750. The van der Waals surface area contributed by atoms with Gasteiger partial charge in [0, 0.05) is 17.6 Å². The number of aliphatic hydroxyl groups excluding tert-OH is 1. The van der Waals surface area contributed by atoms with Crippen molar-refractivity contribution in [2.24, 2.45) is 0 Å². The van der Waals surface area contributed by atoms with Crippen LogP contribution in [-0.2, 0) is 13.8 Å². The minimum atomic E-state index is -3.94. The molecule has 0 spiro atoms. The van der Waals surface area contributed by atoms with Crippen LogP contribution in [0.5, 0.6) is 5.88 Å². The molecule has 0 amide bonds. The van der Waals surface area contributed by atoms with E-state index in [-0.39, 0.29) is 30.9 Å². The van der Waals surface area contributed by atoms with Crippen LogP contribution < -0.4 is 16.2 Å². The van der Waals surface area contributed by atoms with E-state index in [1.54, 1.807) is 21.6 Å². The zero-order valence-corrected chi connectivity index (χ0v) is 26.2. The highest BCUT2D eigenvalue weighted by molar-refractivity contribution is 8.76. The normalized spacial score (nSPS) is 13.8. The molecule has 2 unspecified atom stereocenters. The Bertz CT molecular complexity index is 764. The number of nitrogens with zero attached hydrogens (tertiary/aromatic N) is 2. The predicted octanol–water partition coefficient (Wildman–Crippen LogP) is 6.42. The van der Waals surface area contributed by atoms with Gasteiger partial charge in [0.05, 0.1) is 13.2 Å². The number of unbranched alkanes of at least 4 members (excludes halogenated alkanes) is 13. The quantitative estimate of drug-likeness (QED) is 0.0492. The van der Waals surface area contributed by atoms with Gasteiger partial charge in [-0.3, -0.25) is 4.57 Å². The maximum absolute atomic E-state index is 12.2. The predicted molar refractivity (Wildman–Crippen MR) is 164 cm³/mol. The van der Waals surface area contributed by atoms with Crippen LogP contribution in [0.1, 0.15) is 96.8 Å². The Balaban J connectivity index is 1.94. The maximum atomic E-state index is 12.2. The summed E-state index contributed by atoms with van der Waals surface area (Å²) in [5, 5.41) is 9.45. The summed E-state index contributed by atoms with van der Waals surface area (Å²) >= 11 is 0. The van der Waals surface area contributed by atoms with Crippen LogP contribution in [0.25, 0.3) is 0 Å². The number of rotatable bonds is 27. The number of anilines is 2. The van der Waals surface area contributed by atoms with Gasteiger partial charge in [0.2, 0.25) is 11.8 Å². The third kappa shape index (κ3) is 21.6. The molecule has 0 fully saturated rings. The molecule has 0 radical (unpaired) electrons. The zero-order valence-electron chi connectivity index (χ0n) is 23.6. The van der Waals surface area contributed by atoms with E-state index in [0.717, 1.165) is 5.75 Å². The summed E-state index contributed by atoms with van der Waals surface area (Å²) in [6, 6.07) is 1.37. The molecule has 0 aliphatic heterocycles. The van der Waals surface area contributed by atoms with Crippen LogP contribution in [0, 0.1) is 0 Å². The van der Waals surface area contributed by atoms with Crippen LogP contribution in [0.4, 0.5) is 11.8 Å². The van der Waals surface area contributed by atoms with E-state index in [1.807, 2.05) is 0 Å². The summed E-state index contributed by atoms with van der Waals surface area (Å²) < 4.78 is 28.0. The first-order valence-corrected chi connectivity index (χ1v) is 18.6. The highest BCUT2D eigenvalue weighted by Gasteiger charge is 2.23. The topological polar surface area (TPSA) is 163 Å². The number of hydrogen-bond acceptors (Lipinski definition) is 11. The summed E-state index contributed by atoms with van der Waals surface area (Å²) in [6.07, 6.45) is 17.6. The second-order valence-electron chi connectivity index (χ2n) is 9.61. The van der Waals surface area contributed by atoms with Gasteiger partial charge >= 0.3 is 7.60 Å². The lowest BCUT2D eigenvalue weighted by Gasteiger charge is -2.18. The molecule has 0 bridgehead atoms. The van der Waals surface area contributed by atoms with Crippen molar-refractivity contribution in [1.82, 2.24) is 9.97 Å². The number of nitrogens with two attached hydrogens (primary N) is 2. The van der Waals surface area contributed by atoms with E-state index >= 15 is 0 Å². The monoisotopic (exact) mass is 610 g/mol. The van der Waals surface area contributed by atoms with Crippen molar-refractivity contribution in [3.63, 3.8) is 0 Å². The van der Waals surface area contributed by atoms with Gasteiger partial charge in [-0.2, -0.15) is 9.97 Å². The molecule has 1 aromatic rings. The van der Waals surface area contributed by atoms with Crippen LogP contribution >= 0.6 is 29.2 Å².